The van der Waals surface area contributed by atoms with E-state index in [1.165, 1.54) is 12.1 Å². The minimum atomic E-state index is -2.86. The Balaban J connectivity index is 2.14. The first-order chi connectivity index (χ1) is 8.07. The maximum atomic E-state index is 13.6. The molecule has 0 amide bonds. The molecule has 17 heavy (non-hydrogen) atoms. The molecule has 1 saturated carbocycles. The van der Waals surface area contributed by atoms with E-state index in [4.69, 9.17) is 4.84 Å². The van der Waals surface area contributed by atoms with E-state index in [-0.39, 0.29) is 11.7 Å². The predicted octanol–water partition coefficient (Wildman–Crippen LogP) is 2.35. The molecule has 2 aliphatic rings. The monoisotopic (exact) mass is 247 g/mol. The average Bonchev–Trinajstić information content (AvgIpc) is 2.97. The lowest BCUT2D eigenvalue weighted by atomic mass is 9.86. The molecule has 1 aliphatic heterocycles. The molecule has 1 aliphatic carbocycles. The first-order valence-electron chi connectivity index (χ1n) is 5.23. The normalized spacial score (nSPS) is 35.1. The van der Waals surface area contributed by atoms with E-state index < -0.39 is 29.5 Å². The Morgan fingerprint density at radius 2 is 2.12 bits per heavy atom. The number of rotatable bonds is 2. The maximum absolute atomic E-state index is 13.6. The van der Waals surface area contributed by atoms with Crippen LogP contribution in [0.2, 0.25) is 0 Å². The molecule has 2 nitrogen and oxygen atoms in total. The third kappa shape index (κ3) is 1.34. The van der Waals surface area contributed by atoms with Crippen LogP contribution in [0.5, 0.6) is 0 Å². The molecule has 0 bridgehead atoms. The summed E-state index contributed by atoms with van der Waals surface area (Å²) in [6, 6.07) is 3.29. The number of fused-ring (bicyclic) bond motifs is 1. The Morgan fingerprint density at radius 3 is 2.65 bits per heavy atom. The summed E-state index contributed by atoms with van der Waals surface area (Å²) < 4.78 is 53.2. The molecule has 2 fully saturated rings. The fraction of sp³-hybridized carbons (Fsp3) is 0.455. The summed E-state index contributed by atoms with van der Waals surface area (Å²) in [6.07, 6.45) is -2.75. The lowest BCUT2D eigenvalue weighted by Crippen LogP contribution is -2.47. The number of hydrogen-bond donors (Lipinski definition) is 1. The SMILES string of the molecule is Fc1cccc(C2(C(F)F)NO[C@@H]3C[C@@H]32)c1F. The van der Waals surface area contributed by atoms with Crippen molar-refractivity contribution in [3.05, 3.63) is 35.4 Å². The Labute approximate surface area is 94.5 Å². The third-order valence-electron chi connectivity index (χ3n) is 3.44. The second-order valence-electron chi connectivity index (χ2n) is 4.37. The maximum Gasteiger partial charge on any atom is 0.263 e. The molecule has 1 saturated heterocycles. The number of halogens is 4. The molecule has 3 rings (SSSR count). The molecule has 0 spiro atoms. The molecular weight excluding hydrogens is 238 g/mol. The second kappa shape index (κ2) is 3.43. The molecular formula is C11H9F4NO. The molecule has 0 aromatic heterocycles. The van der Waals surface area contributed by atoms with Crippen molar-refractivity contribution in [3.63, 3.8) is 0 Å². The van der Waals surface area contributed by atoms with Crippen LogP contribution in [-0.4, -0.2) is 12.5 Å². The third-order valence-corrected chi connectivity index (χ3v) is 3.44. The standard InChI is InChI=1S/C11H9F4NO/c12-7-3-1-2-5(9(7)13)11(10(14)15)6-4-8(6)17-16-11/h1-3,6,8,10,16H,4H2/t6-,8+,11?/m0/s1. The quantitative estimate of drug-likeness (QED) is 0.810. The summed E-state index contributed by atoms with van der Waals surface area (Å²) in [7, 11) is 0. The number of nitrogens with one attached hydrogen (secondary N) is 1. The molecule has 1 N–H and O–H groups in total. The minimum absolute atomic E-state index is 0.327. The van der Waals surface area contributed by atoms with Crippen molar-refractivity contribution in [1.29, 1.82) is 0 Å². The molecule has 1 unspecified atom stereocenters. The zero-order valence-electron chi connectivity index (χ0n) is 8.59. The van der Waals surface area contributed by atoms with Crippen molar-refractivity contribution in [3.8, 4) is 0 Å². The van der Waals surface area contributed by atoms with Gasteiger partial charge in [-0.15, -0.1) is 0 Å². The van der Waals surface area contributed by atoms with Gasteiger partial charge in [-0.05, 0) is 12.5 Å². The van der Waals surface area contributed by atoms with E-state index >= 15 is 0 Å². The molecule has 3 atom stereocenters. The van der Waals surface area contributed by atoms with Gasteiger partial charge in [-0.2, -0.15) is 5.48 Å². The highest BCUT2D eigenvalue weighted by Crippen LogP contribution is 2.55. The van der Waals surface area contributed by atoms with Gasteiger partial charge in [0, 0.05) is 11.5 Å². The van der Waals surface area contributed by atoms with Crippen LogP contribution in [0.25, 0.3) is 0 Å². The predicted molar refractivity (Wildman–Crippen MR) is 50.2 cm³/mol. The van der Waals surface area contributed by atoms with Crippen LogP contribution in [0.4, 0.5) is 17.6 Å². The van der Waals surface area contributed by atoms with Crippen molar-refractivity contribution in [2.75, 3.05) is 0 Å². The van der Waals surface area contributed by atoms with Crippen LogP contribution in [0.15, 0.2) is 18.2 Å². The van der Waals surface area contributed by atoms with E-state index in [2.05, 4.69) is 5.48 Å². The molecule has 1 aromatic rings. The van der Waals surface area contributed by atoms with Crippen LogP contribution >= 0.6 is 0 Å². The van der Waals surface area contributed by atoms with Gasteiger partial charge in [0.05, 0.1) is 6.10 Å². The molecule has 1 heterocycles. The number of hydroxylamine groups is 1. The summed E-state index contributed by atoms with van der Waals surface area (Å²) in [4.78, 5) is 4.93. The lowest BCUT2D eigenvalue weighted by Gasteiger charge is -2.30. The Bertz CT molecular complexity index is 467. The highest BCUT2D eigenvalue weighted by atomic mass is 19.3. The van der Waals surface area contributed by atoms with E-state index in [0.717, 1.165) is 6.07 Å². The van der Waals surface area contributed by atoms with Crippen LogP contribution in [-0.2, 0) is 10.4 Å². The second-order valence-corrected chi connectivity index (χ2v) is 4.37. The zero-order chi connectivity index (χ0) is 12.2. The van der Waals surface area contributed by atoms with Gasteiger partial charge in [-0.1, -0.05) is 12.1 Å². The molecule has 6 heteroatoms. The van der Waals surface area contributed by atoms with Gasteiger partial charge >= 0.3 is 0 Å². The topological polar surface area (TPSA) is 21.3 Å². The van der Waals surface area contributed by atoms with Crippen LogP contribution in [0, 0.1) is 17.6 Å². The van der Waals surface area contributed by atoms with Crippen molar-refractivity contribution < 1.29 is 22.4 Å². The van der Waals surface area contributed by atoms with Gasteiger partial charge in [0.25, 0.3) is 6.43 Å². The molecule has 92 valence electrons. The van der Waals surface area contributed by atoms with Gasteiger partial charge < -0.3 is 0 Å². The fourth-order valence-electron chi connectivity index (χ4n) is 2.43. The highest BCUT2D eigenvalue weighted by molar-refractivity contribution is 5.33. The summed E-state index contributed by atoms with van der Waals surface area (Å²) >= 11 is 0. The first kappa shape index (κ1) is 11.0. The fourth-order valence-corrected chi connectivity index (χ4v) is 2.43. The summed E-state index contributed by atoms with van der Waals surface area (Å²) in [6.45, 7) is 0. The van der Waals surface area contributed by atoms with Gasteiger partial charge in [0.1, 0.15) is 5.54 Å². The Hall–Kier alpha value is -1.14. The summed E-state index contributed by atoms with van der Waals surface area (Å²) in [5.74, 6) is -2.87. The summed E-state index contributed by atoms with van der Waals surface area (Å²) in [5.41, 5.74) is -0.0865. The van der Waals surface area contributed by atoms with Crippen LogP contribution in [0.1, 0.15) is 12.0 Å². The Kier molecular flexibility index (Phi) is 2.21. The smallest absolute Gasteiger partial charge is 0.263 e. The van der Waals surface area contributed by atoms with E-state index in [1.807, 2.05) is 0 Å². The van der Waals surface area contributed by atoms with Crippen molar-refractivity contribution in [2.45, 2.75) is 24.5 Å². The Morgan fingerprint density at radius 1 is 1.35 bits per heavy atom. The van der Waals surface area contributed by atoms with Gasteiger partial charge in [-0.3, -0.25) is 4.84 Å². The first-order valence-corrected chi connectivity index (χ1v) is 5.23. The number of hydrogen-bond acceptors (Lipinski definition) is 2. The lowest BCUT2D eigenvalue weighted by molar-refractivity contribution is -0.0569. The number of benzene rings is 1. The van der Waals surface area contributed by atoms with Crippen molar-refractivity contribution in [1.82, 2.24) is 5.48 Å². The van der Waals surface area contributed by atoms with Crippen molar-refractivity contribution >= 4 is 0 Å². The van der Waals surface area contributed by atoms with E-state index in [1.54, 1.807) is 0 Å². The average molecular weight is 247 g/mol. The van der Waals surface area contributed by atoms with Gasteiger partial charge in [0.2, 0.25) is 0 Å². The highest BCUT2D eigenvalue weighted by Gasteiger charge is 2.66. The largest absolute Gasteiger partial charge is 0.297 e. The van der Waals surface area contributed by atoms with Crippen LogP contribution in [0.3, 0.4) is 0 Å². The molecule has 0 radical (unpaired) electrons. The zero-order valence-corrected chi connectivity index (χ0v) is 8.59. The van der Waals surface area contributed by atoms with Gasteiger partial charge in [0.15, 0.2) is 11.6 Å². The molecule has 1 aromatic carbocycles. The van der Waals surface area contributed by atoms with E-state index in [9.17, 15) is 17.6 Å². The minimum Gasteiger partial charge on any atom is -0.297 e. The summed E-state index contributed by atoms with van der Waals surface area (Å²) in [5, 5.41) is 0. The van der Waals surface area contributed by atoms with Gasteiger partial charge in [-0.25, -0.2) is 17.6 Å². The van der Waals surface area contributed by atoms with E-state index in [0.29, 0.717) is 6.42 Å². The van der Waals surface area contributed by atoms with Crippen LogP contribution < -0.4 is 5.48 Å². The van der Waals surface area contributed by atoms with Crippen molar-refractivity contribution in [2.24, 2.45) is 5.92 Å². The number of alkyl halides is 2.